The molecule has 0 unspecified atom stereocenters. The second-order valence-corrected chi connectivity index (χ2v) is 11.5. The zero-order valence-corrected chi connectivity index (χ0v) is 18.3. The second-order valence-electron chi connectivity index (χ2n) is 11.5. The van der Waals surface area contributed by atoms with Gasteiger partial charge in [0.25, 0.3) is 0 Å². The molecule has 1 N–H and O–H groups in total. The minimum atomic E-state index is -0.431. The number of carbonyl (C=O) groups excluding carboxylic acids is 1. The lowest BCUT2D eigenvalue weighted by Crippen LogP contribution is -2.51. The van der Waals surface area contributed by atoms with Crippen LogP contribution in [0.4, 0.5) is 0 Å². The predicted octanol–water partition coefficient (Wildman–Crippen LogP) is 5.82. The van der Waals surface area contributed by atoms with Crippen LogP contribution in [0.1, 0.15) is 77.2 Å². The Morgan fingerprint density at radius 3 is 2.48 bits per heavy atom. The lowest BCUT2D eigenvalue weighted by molar-refractivity contribution is -0.131. The molecule has 0 spiro atoms. The lowest BCUT2D eigenvalue weighted by atomic mass is 9.49. The molecule has 0 saturated heterocycles. The first kappa shape index (κ1) is 19.8. The van der Waals surface area contributed by atoms with Gasteiger partial charge in [0.1, 0.15) is 5.78 Å². The summed E-state index contributed by atoms with van der Waals surface area (Å²) in [6.07, 6.45) is 11.4. The Hall–Kier alpha value is -1.15. The highest BCUT2D eigenvalue weighted by molar-refractivity contribution is 5.84. The molecule has 8 atom stereocenters. The second kappa shape index (κ2) is 7.22. The standard InChI is InChI=1S/C27H38O2/c1-26(29)14-12-20-19(17-26)8-9-22-21(20)13-15-27(2)23(22)10-11-24(27)25(28)16-18-6-4-3-5-7-18/h3-7,19-24,29H,8-17H2,1-2H3/t19-,20+,21-,22-,23+,24-,26-,27+/m1/s1. The summed E-state index contributed by atoms with van der Waals surface area (Å²) in [4.78, 5) is 13.3. The molecule has 4 aliphatic rings. The topological polar surface area (TPSA) is 37.3 Å². The van der Waals surface area contributed by atoms with E-state index in [1.807, 2.05) is 25.1 Å². The van der Waals surface area contributed by atoms with Gasteiger partial charge in [0.2, 0.25) is 0 Å². The molecule has 0 aromatic heterocycles. The maximum Gasteiger partial charge on any atom is 0.140 e. The number of Topliss-reactive ketones (excluding diaryl/α,β-unsaturated/α-hetero) is 1. The summed E-state index contributed by atoms with van der Waals surface area (Å²) in [6, 6.07) is 10.3. The fourth-order valence-electron chi connectivity index (χ4n) is 8.53. The fraction of sp³-hybridized carbons (Fsp3) is 0.741. The average molecular weight is 395 g/mol. The maximum atomic E-state index is 13.3. The van der Waals surface area contributed by atoms with E-state index in [2.05, 4.69) is 19.1 Å². The number of fused-ring (bicyclic) bond motifs is 5. The van der Waals surface area contributed by atoms with Gasteiger partial charge in [-0.15, -0.1) is 0 Å². The van der Waals surface area contributed by atoms with E-state index < -0.39 is 5.60 Å². The molecule has 29 heavy (non-hydrogen) atoms. The number of rotatable bonds is 3. The average Bonchev–Trinajstić information content (AvgIpc) is 3.05. The van der Waals surface area contributed by atoms with Crippen LogP contribution in [0.5, 0.6) is 0 Å². The summed E-state index contributed by atoms with van der Waals surface area (Å²) in [5.41, 5.74) is 0.965. The number of aliphatic hydroxyl groups is 1. The van der Waals surface area contributed by atoms with Gasteiger partial charge in [-0.2, -0.15) is 0 Å². The Balaban J connectivity index is 1.31. The van der Waals surface area contributed by atoms with Gasteiger partial charge in [-0.05, 0) is 105 Å². The Bertz CT molecular complexity index is 753. The van der Waals surface area contributed by atoms with E-state index in [9.17, 15) is 9.90 Å². The molecule has 0 radical (unpaired) electrons. The Morgan fingerprint density at radius 2 is 1.69 bits per heavy atom. The van der Waals surface area contributed by atoms with Gasteiger partial charge in [-0.1, -0.05) is 37.3 Å². The van der Waals surface area contributed by atoms with Crippen molar-refractivity contribution in [3.05, 3.63) is 35.9 Å². The molecule has 0 bridgehead atoms. The molecule has 2 heteroatoms. The van der Waals surface area contributed by atoms with Crippen LogP contribution in [0.3, 0.4) is 0 Å². The van der Waals surface area contributed by atoms with Crippen molar-refractivity contribution >= 4 is 5.78 Å². The summed E-state index contributed by atoms with van der Waals surface area (Å²) in [5, 5.41) is 10.6. The minimum absolute atomic E-state index is 0.222. The van der Waals surface area contributed by atoms with E-state index in [0.717, 1.165) is 48.9 Å². The Labute approximate surface area is 176 Å². The molecule has 2 nitrogen and oxygen atoms in total. The normalized spacial score (nSPS) is 46.4. The highest BCUT2D eigenvalue weighted by Gasteiger charge is 2.58. The van der Waals surface area contributed by atoms with Crippen LogP contribution in [0, 0.1) is 40.9 Å². The molecular weight excluding hydrogens is 356 g/mol. The Morgan fingerprint density at radius 1 is 0.931 bits per heavy atom. The lowest BCUT2D eigenvalue weighted by Gasteiger charge is -2.56. The van der Waals surface area contributed by atoms with Crippen molar-refractivity contribution in [3.8, 4) is 0 Å². The number of hydrogen-bond donors (Lipinski definition) is 1. The maximum absolute atomic E-state index is 13.3. The van der Waals surface area contributed by atoms with Crippen molar-refractivity contribution in [3.63, 3.8) is 0 Å². The van der Waals surface area contributed by atoms with E-state index in [0.29, 0.717) is 12.2 Å². The molecule has 0 heterocycles. The zero-order valence-electron chi connectivity index (χ0n) is 18.3. The third-order valence-corrected chi connectivity index (χ3v) is 9.85. The number of ketones is 1. The van der Waals surface area contributed by atoms with Gasteiger partial charge >= 0.3 is 0 Å². The molecule has 0 aliphatic heterocycles. The van der Waals surface area contributed by atoms with Crippen LogP contribution < -0.4 is 0 Å². The molecule has 5 rings (SSSR count). The third kappa shape index (κ3) is 3.40. The van der Waals surface area contributed by atoms with Gasteiger partial charge < -0.3 is 5.11 Å². The van der Waals surface area contributed by atoms with Crippen LogP contribution in [0.2, 0.25) is 0 Å². The first-order valence-corrected chi connectivity index (χ1v) is 12.2. The molecule has 158 valence electrons. The summed E-state index contributed by atoms with van der Waals surface area (Å²) in [6.45, 7) is 4.51. The van der Waals surface area contributed by atoms with E-state index >= 15 is 0 Å². The fourth-order valence-corrected chi connectivity index (χ4v) is 8.53. The van der Waals surface area contributed by atoms with Crippen LogP contribution in [-0.4, -0.2) is 16.5 Å². The van der Waals surface area contributed by atoms with E-state index in [1.165, 1.54) is 44.1 Å². The van der Waals surface area contributed by atoms with E-state index in [-0.39, 0.29) is 11.3 Å². The highest BCUT2D eigenvalue weighted by Crippen LogP contribution is 2.64. The first-order valence-electron chi connectivity index (χ1n) is 12.2. The van der Waals surface area contributed by atoms with Gasteiger partial charge in [-0.25, -0.2) is 0 Å². The van der Waals surface area contributed by atoms with Gasteiger partial charge in [0.15, 0.2) is 0 Å². The molecule has 1 aromatic carbocycles. The van der Waals surface area contributed by atoms with Crippen molar-refractivity contribution in [1.82, 2.24) is 0 Å². The monoisotopic (exact) mass is 394 g/mol. The third-order valence-electron chi connectivity index (χ3n) is 9.85. The van der Waals surface area contributed by atoms with Gasteiger partial charge in [-0.3, -0.25) is 4.79 Å². The SMILES string of the molecule is C[C@@]1(O)CC[C@H]2[C@H](CC[C@@H]3[C@@H]2CC[C@]2(C)[C@@H](C(=O)Cc4ccccc4)CC[C@@H]32)C1. The summed E-state index contributed by atoms with van der Waals surface area (Å²) >= 11 is 0. The molecule has 4 aliphatic carbocycles. The smallest absolute Gasteiger partial charge is 0.140 e. The van der Waals surface area contributed by atoms with E-state index in [1.54, 1.807) is 0 Å². The molecular formula is C27H38O2. The molecule has 1 aromatic rings. The van der Waals surface area contributed by atoms with Crippen LogP contribution >= 0.6 is 0 Å². The summed E-state index contributed by atoms with van der Waals surface area (Å²) in [7, 11) is 0. The van der Waals surface area contributed by atoms with Crippen molar-refractivity contribution in [1.29, 1.82) is 0 Å². The van der Waals surface area contributed by atoms with Crippen LogP contribution in [0.15, 0.2) is 30.3 Å². The first-order chi connectivity index (χ1) is 13.9. The van der Waals surface area contributed by atoms with Crippen molar-refractivity contribution in [2.45, 2.75) is 83.7 Å². The Kier molecular flexibility index (Phi) is 4.93. The van der Waals surface area contributed by atoms with Crippen molar-refractivity contribution in [2.75, 3.05) is 0 Å². The van der Waals surface area contributed by atoms with Gasteiger partial charge in [0, 0.05) is 12.3 Å². The highest BCUT2D eigenvalue weighted by atomic mass is 16.3. The number of benzene rings is 1. The summed E-state index contributed by atoms with van der Waals surface area (Å²) < 4.78 is 0. The molecule has 0 amide bonds. The predicted molar refractivity (Wildman–Crippen MR) is 116 cm³/mol. The number of hydrogen-bond acceptors (Lipinski definition) is 2. The largest absolute Gasteiger partial charge is 0.390 e. The quantitative estimate of drug-likeness (QED) is 0.701. The van der Waals surface area contributed by atoms with Crippen LogP contribution in [0.25, 0.3) is 0 Å². The molecule has 4 saturated carbocycles. The van der Waals surface area contributed by atoms with E-state index in [4.69, 9.17) is 0 Å². The minimum Gasteiger partial charge on any atom is -0.390 e. The number of carbonyl (C=O) groups is 1. The molecule has 4 fully saturated rings. The van der Waals surface area contributed by atoms with Crippen molar-refractivity contribution in [2.24, 2.45) is 40.9 Å². The summed E-state index contributed by atoms with van der Waals surface area (Å²) in [5.74, 6) is 4.74. The zero-order chi connectivity index (χ0) is 20.2. The van der Waals surface area contributed by atoms with Crippen molar-refractivity contribution < 1.29 is 9.90 Å². The van der Waals surface area contributed by atoms with Gasteiger partial charge in [0.05, 0.1) is 5.60 Å². The van der Waals surface area contributed by atoms with Crippen LogP contribution in [-0.2, 0) is 11.2 Å².